The molecular weight excluding hydrogens is 762 g/mol. The van der Waals surface area contributed by atoms with Crippen LogP contribution in [-0.2, 0) is 30.0 Å². The monoisotopic (exact) mass is 798 g/mol. The van der Waals surface area contributed by atoms with Crippen molar-refractivity contribution in [1.29, 1.82) is 0 Å². The van der Waals surface area contributed by atoms with Crippen LogP contribution in [0.2, 0.25) is 20.1 Å². The highest BCUT2D eigenvalue weighted by Crippen LogP contribution is 2.64. The lowest BCUT2D eigenvalue weighted by Gasteiger charge is -2.46. The molecule has 6 nitrogen and oxygen atoms in total. The lowest BCUT2D eigenvalue weighted by atomic mass is 9.54. The Morgan fingerprint density at radius 2 is 0.870 bits per heavy atom. The van der Waals surface area contributed by atoms with Crippen molar-refractivity contribution in [2.45, 2.75) is 74.0 Å². The third-order valence-electron chi connectivity index (χ3n) is 13.0. The van der Waals surface area contributed by atoms with Gasteiger partial charge in [-0.3, -0.25) is 19.2 Å². The van der Waals surface area contributed by atoms with Gasteiger partial charge in [0.1, 0.15) is 11.6 Å². The van der Waals surface area contributed by atoms with E-state index in [0.717, 1.165) is 59.3 Å². The molecule has 10 rings (SSSR count). The first-order valence-electron chi connectivity index (χ1n) is 18.8. The van der Waals surface area contributed by atoms with Crippen LogP contribution in [0.1, 0.15) is 85.5 Å². The number of fused-ring (bicyclic) bond motifs is 4. The van der Waals surface area contributed by atoms with Gasteiger partial charge in [0.15, 0.2) is 0 Å². The molecule has 4 aromatic rings. The maximum absolute atomic E-state index is 13.5. The summed E-state index contributed by atoms with van der Waals surface area (Å²) in [5, 5.41) is 8.59. The van der Waals surface area contributed by atoms with E-state index in [2.05, 4.69) is 10.6 Å². The fraction of sp³-hybridized carbons (Fsp3) is 0.364. The highest BCUT2D eigenvalue weighted by molar-refractivity contribution is 6.32. The first-order valence-corrected chi connectivity index (χ1v) is 20.3. The summed E-state index contributed by atoms with van der Waals surface area (Å²) in [5.74, 6) is 0.900. The Bertz CT molecular complexity index is 2090. The van der Waals surface area contributed by atoms with Crippen LogP contribution in [0.15, 0.2) is 84.9 Å². The predicted molar refractivity (Wildman–Crippen MR) is 213 cm³/mol. The minimum atomic E-state index is -0.736. The van der Waals surface area contributed by atoms with Crippen LogP contribution in [-0.4, -0.2) is 23.4 Å². The van der Waals surface area contributed by atoms with Gasteiger partial charge in [-0.05, 0) is 120 Å². The van der Waals surface area contributed by atoms with Crippen LogP contribution in [0.5, 0.6) is 0 Å². The largest absolute Gasteiger partial charge is 0.325 e. The number of hydrogen-bond acceptors (Lipinski definition) is 4. The molecule has 276 valence electrons. The third kappa shape index (κ3) is 5.82. The van der Waals surface area contributed by atoms with Gasteiger partial charge in [0.05, 0.1) is 10.8 Å². The fourth-order valence-electron chi connectivity index (χ4n) is 10.6. The molecule has 4 saturated carbocycles. The number of nitrogens with one attached hydrogen (secondary N) is 2. The van der Waals surface area contributed by atoms with Crippen molar-refractivity contribution in [3.8, 4) is 0 Å². The molecule has 54 heavy (non-hydrogen) atoms. The fourth-order valence-corrected chi connectivity index (χ4v) is 11.4. The summed E-state index contributed by atoms with van der Waals surface area (Å²) < 4.78 is 0. The molecule has 0 radical (unpaired) electrons. The average Bonchev–Trinajstić information content (AvgIpc) is 4.07. The van der Waals surface area contributed by atoms with Gasteiger partial charge in [-0.2, -0.15) is 0 Å². The number of rotatable bonds is 4. The number of benzene rings is 4. The smallest absolute Gasteiger partial charge is 0.236 e. The summed E-state index contributed by atoms with van der Waals surface area (Å²) in [6, 6.07) is 26.5. The molecule has 2 heterocycles. The summed E-state index contributed by atoms with van der Waals surface area (Å²) >= 11 is 24.9. The molecule has 4 aliphatic carbocycles. The van der Waals surface area contributed by atoms with Crippen LogP contribution in [0.25, 0.3) is 0 Å². The Hall–Kier alpha value is -3.68. The lowest BCUT2D eigenvalue weighted by Crippen LogP contribution is -2.52. The first-order chi connectivity index (χ1) is 26.0. The van der Waals surface area contributed by atoms with Crippen molar-refractivity contribution in [2.75, 3.05) is 10.6 Å². The number of carbonyl (C=O) groups is 4. The van der Waals surface area contributed by atoms with Crippen LogP contribution in [0, 0.1) is 23.7 Å². The van der Waals surface area contributed by atoms with Gasteiger partial charge in [0.2, 0.25) is 11.8 Å². The Morgan fingerprint density at radius 1 is 0.481 bits per heavy atom. The zero-order valence-corrected chi connectivity index (χ0v) is 32.4. The molecular formula is C44H38Cl4N2O4. The second-order valence-electron chi connectivity index (χ2n) is 16.0. The minimum Gasteiger partial charge on any atom is -0.325 e. The van der Waals surface area contributed by atoms with Crippen LogP contribution in [0.4, 0.5) is 11.4 Å². The van der Waals surface area contributed by atoms with E-state index in [1.165, 1.54) is 0 Å². The van der Waals surface area contributed by atoms with Crippen LogP contribution >= 0.6 is 46.4 Å². The van der Waals surface area contributed by atoms with Crippen molar-refractivity contribution in [3.63, 3.8) is 0 Å². The summed E-state index contributed by atoms with van der Waals surface area (Å²) in [6.07, 6.45) is 5.99. The summed E-state index contributed by atoms with van der Waals surface area (Å²) in [5.41, 5.74) is 3.95. The summed E-state index contributed by atoms with van der Waals surface area (Å²) in [7, 11) is 0. The third-order valence-corrected chi connectivity index (χ3v) is 14.0. The molecule has 6 atom stereocenters. The van der Waals surface area contributed by atoms with E-state index in [1.54, 1.807) is 0 Å². The maximum atomic E-state index is 13.5. The summed E-state index contributed by atoms with van der Waals surface area (Å²) in [4.78, 5) is 52.5. The standard InChI is InChI=1S/2C22H19Cl2NO2/c2*23-14-3-1-2-13(8-14)19-11-16(26)10-18(12-4-5-12)22(19)17-7-6-15(24)9-20(17)25-21(22)27/h2*1-3,6-9,12,18-19H,4-5,10-11H2,(H,25,27)/t18-,19+,22-;18-,19-,22+/m10/s1. The molecule has 2 aliphatic heterocycles. The SMILES string of the molecule is O=C1C[C@@H](c2cccc(Cl)c2)[C@]2(C(=O)Nc3cc(Cl)ccc32)[C@H](C2CC2)C1.O=C1C[C@H](C2CC2)[C@@]2(C(=O)Nc3cc(Cl)ccc32)[C@H](c2cccc(Cl)c2)C1. The van der Waals surface area contributed by atoms with Crippen molar-refractivity contribution in [2.24, 2.45) is 23.7 Å². The van der Waals surface area contributed by atoms with E-state index in [9.17, 15) is 19.2 Å². The molecule has 2 spiro atoms. The zero-order valence-electron chi connectivity index (χ0n) is 29.3. The molecule has 0 unspecified atom stereocenters. The zero-order chi connectivity index (χ0) is 37.5. The molecule has 0 saturated heterocycles. The second-order valence-corrected chi connectivity index (χ2v) is 17.8. The van der Waals surface area contributed by atoms with Gasteiger partial charge in [-0.15, -0.1) is 0 Å². The van der Waals surface area contributed by atoms with E-state index < -0.39 is 10.8 Å². The Morgan fingerprint density at radius 3 is 1.24 bits per heavy atom. The van der Waals surface area contributed by atoms with Gasteiger partial charge < -0.3 is 10.6 Å². The summed E-state index contributed by atoms with van der Waals surface area (Å²) in [6.45, 7) is 0. The molecule has 6 aliphatic rings. The normalized spacial score (nSPS) is 29.7. The van der Waals surface area contributed by atoms with E-state index in [4.69, 9.17) is 46.4 Å². The van der Waals surface area contributed by atoms with Crippen molar-refractivity contribution >= 4 is 81.2 Å². The highest BCUT2D eigenvalue weighted by Gasteiger charge is 2.64. The number of halogens is 4. The van der Waals surface area contributed by atoms with E-state index in [0.29, 0.717) is 57.6 Å². The van der Waals surface area contributed by atoms with Crippen molar-refractivity contribution in [1.82, 2.24) is 0 Å². The molecule has 0 bridgehead atoms. The minimum absolute atomic E-state index is 0.00542. The molecule has 10 heteroatoms. The predicted octanol–water partition coefficient (Wildman–Crippen LogP) is 10.7. The van der Waals surface area contributed by atoms with Crippen molar-refractivity contribution < 1.29 is 19.2 Å². The van der Waals surface area contributed by atoms with Gasteiger partial charge in [-0.25, -0.2) is 0 Å². The average molecular weight is 801 g/mol. The molecule has 2 amide bonds. The molecule has 4 fully saturated rings. The Labute approximate surface area is 334 Å². The van der Waals surface area contributed by atoms with Crippen LogP contribution in [0.3, 0.4) is 0 Å². The number of ketones is 2. The number of Topliss-reactive ketones (excluding diaryl/α,β-unsaturated/α-hetero) is 2. The molecule has 4 aromatic carbocycles. The molecule has 2 N–H and O–H groups in total. The van der Waals surface area contributed by atoms with E-state index in [-0.39, 0.29) is 47.1 Å². The van der Waals surface area contributed by atoms with Gasteiger partial charge >= 0.3 is 0 Å². The van der Waals surface area contributed by atoms with Gasteiger partial charge in [-0.1, -0.05) is 82.8 Å². The first kappa shape index (κ1) is 36.0. The highest BCUT2D eigenvalue weighted by atomic mass is 35.5. The quantitative estimate of drug-likeness (QED) is 0.215. The topological polar surface area (TPSA) is 92.3 Å². The van der Waals surface area contributed by atoms with Crippen molar-refractivity contribution in [3.05, 3.63) is 127 Å². The number of carbonyl (C=O) groups excluding carboxylic acids is 4. The Balaban J connectivity index is 0.000000142. The second kappa shape index (κ2) is 13.5. The lowest BCUT2D eigenvalue weighted by molar-refractivity contribution is -0.133. The maximum Gasteiger partial charge on any atom is 0.236 e. The van der Waals surface area contributed by atoms with Gasteiger partial charge in [0.25, 0.3) is 0 Å². The van der Waals surface area contributed by atoms with Gasteiger partial charge in [0, 0.05) is 69.0 Å². The van der Waals surface area contributed by atoms with E-state index >= 15 is 0 Å². The molecule has 0 aromatic heterocycles. The number of amides is 2. The van der Waals surface area contributed by atoms with E-state index in [1.807, 2.05) is 84.9 Å². The number of anilines is 2. The number of hydrogen-bond donors (Lipinski definition) is 2. The Kier molecular flexibility index (Phi) is 9.00. The van der Waals surface area contributed by atoms with Crippen LogP contribution < -0.4 is 10.6 Å².